The summed E-state index contributed by atoms with van der Waals surface area (Å²) in [5, 5.41) is 0.0198. The summed E-state index contributed by atoms with van der Waals surface area (Å²) in [4.78, 5) is 0. The molecule has 0 N–H and O–H groups in total. The predicted molar refractivity (Wildman–Crippen MR) is 86.3 cm³/mol. The summed E-state index contributed by atoms with van der Waals surface area (Å²) >= 11 is 6.77. The van der Waals surface area contributed by atoms with Crippen molar-refractivity contribution < 1.29 is 4.39 Å². The van der Waals surface area contributed by atoms with Crippen molar-refractivity contribution in [3.8, 4) is 0 Å². The van der Waals surface area contributed by atoms with Gasteiger partial charge < -0.3 is 0 Å². The number of fused-ring (bicyclic) bond motifs is 1. The van der Waals surface area contributed by atoms with Crippen LogP contribution in [-0.2, 0) is 12.8 Å². The Kier molecular flexibility index (Phi) is 4.30. The predicted octanol–water partition coefficient (Wildman–Crippen LogP) is 5.61. The van der Waals surface area contributed by atoms with Crippen LogP contribution in [0.3, 0.4) is 0 Å². The van der Waals surface area contributed by atoms with Gasteiger partial charge in [0.25, 0.3) is 0 Å². The average molecular weight is 303 g/mol. The van der Waals surface area contributed by atoms with E-state index in [9.17, 15) is 4.39 Å². The lowest BCUT2D eigenvalue weighted by atomic mass is 9.88. The van der Waals surface area contributed by atoms with Gasteiger partial charge in [0.2, 0.25) is 0 Å². The van der Waals surface area contributed by atoms with Crippen LogP contribution >= 0.6 is 11.6 Å². The van der Waals surface area contributed by atoms with Crippen LogP contribution in [0.25, 0.3) is 0 Å². The molecule has 2 aromatic carbocycles. The van der Waals surface area contributed by atoms with E-state index in [4.69, 9.17) is 11.6 Å². The summed E-state index contributed by atoms with van der Waals surface area (Å²) in [5.41, 5.74) is 4.87. The number of hydrogen-bond donors (Lipinski definition) is 0. The molecule has 2 heteroatoms. The molecule has 2 aromatic rings. The van der Waals surface area contributed by atoms with E-state index in [0.717, 1.165) is 36.8 Å². The van der Waals surface area contributed by atoms with E-state index < -0.39 is 0 Å². The van der Waals surface area contributed by atoms with E-state index in [1.807, 2.05) is 13.0 Å². The third-order valence-electron chi connectivity index (χ3n) is 4.58. The SMILES string of the molecule is Cc1ccc(F)cc1CC1CCCc2ccccc2C1Cl. The Morgan fingerprint density at radius 2 is 2.00 bits per heavy atom. The molecule has 0 radical (unpaired) electrons. The van der Waals surface area contributed by atoms with E-state index in [2.05, 4.69) is 24.3 Å². The van der Waals surface area contributed by atoms with Gasteiger partial charge in [0.15, 0.2) is 0 Å². The van der Waals surface area contributed by atoms with Crippen LogP contribution < -0.4 is 0 Å². The lowest BCUT2D eigenvalue weighted by molar-refractivity contribution is 0.463. The van der Waals surface area contributed by atoms with Crippen molar-refractivity contribution in [3.05, 3.63) is 70.5 Å². The second-order valence-corrected chi connectivity index (χ2v) is 6.50. The molecule has 0 bridgehead atoms. The zero-order chi connectivity index (χ0) is 14.8. The van der Waals surface area contributed by atoms with Crippen LogP contribution in [0.1, 0.15) is 40.5 Å². The first kappa shape index (κ1) is 14.6. The molecule has 3 rings (SSSR count). The summed E-state index contributed by atoms with van der Waals surface area (Å²) in [5.74, 6) is 0.214. The second kappa shape index (κ2) is 6.19. The van der Waals surface area contributed by atoms with Gasteiger partial charge in [0, 0.05) is 0 Å². The number of alkyl halides is 1. The highest BCUT2D eigenvalue weighted by Crippen LogP contribution is 2.39. The fraction of sp³-hybridized carbons (Fsp3) is 0.368. The molecule has 2 unspecified atom stereocenters. The van der Waals surface area contributed by atoms with Crippen molar-refractivity contribution in [2.24, 2.45) is 5.92 Å². The maximum atomic E-state index is 13.5. The molecule has 1 aliphatic rings. The zero-order valence-electron chi connectivity index (χ0n) is 12.3. The Labute approximate surface area is 131 Å². The minimum absolute atomic E-state index is 0.0198. The standard InChI is InChI=1S/C19H20ClF/c1-13-9-10-17(21)12-16(13)11-15-7-4-6-14-5-2-3-8-18(14)19(15)20/h2-3,5,8-10,12,15,19H,4,6-7,11H2,1H3. The van der Waals surface area contributed by atoms with Gasteiger partial charge >= 0.3 is 0 Å². The van der Waals surface area contributed by atoms with Gasteiger partial charge in [-0.3, -0.25) is 0 Å². The van der Waals surface area contributed by atoms with Crippen molar-refractivity contribution in [3.63, 3.8) is 0 Å². The number of rotatable bonds is 2. The molecule has 2 atom stereocenters. The molecule has 0 heterocycles. The minimum Gasteiger partial charge on any atom is -0.207 e. The fourth-order valence-electron chi connectivity index (χ4n) is 3.33. The van der Waals surface area contributed by atoms with Gasteiger partial charge in [-0.15, -0.1) is 11.6 Å². The van der Waals surface area contributed by atoms with E-state index in [1.54, 1.807) is 6.07 Å². The van der Waals surface area contributed by atoms with Gasteiger partial charge in [-0.25, -0.2) is 4.39 Å². The van der Waals surface area contributed by atoms with Crippen LogP contribution in [0.15, 0.2) is 42.5 Å². The molecule has 0 aromatic heterocycles. The van der Waals surface area contributed by atoms with Gasteiger partial charge in [-0.2, -0.15) is 0 Å². The zero-order valence-corrected chi connectivity index (χ0v) is 13.0. The van der Waals surface area contributed by atoms with Crippen LogP contribution in [0, 0.1) is 18.7 Å². The summed E-state index contributed by atoms with van der Waals surface area (Å²) in [6, 6.07) is 13.5. The molecule has 0 saturated heterocycles. The molecule has 0 spiro atoms. The molecule has 21 heavy (non-hydrogen) atoms. The lowest BCUT2D eigenvalue weighted by Gasteiger charge is -2.22. The van der Waals surface area contributed by atoms with Crippen molar-refractivity contribution in [2.75, 3.05) is 0 Å². The number of halogens is 2. The molecule has 0 saturated carbocycles. The van der Waals surface area contributed by atoms with Gasteiger partial charge in [0.05, 0.1) is 5.38 Å². The Hall–Kier alpha value is -1.34. The highest BCUT2D eigenvalue weighted by atomic mass is 35.5. The van der Waals surface area contributed by atoms with Crippen LogP contribution in [0.4, 0.5) is 4.39 Å². The summed E-state index contributed by atoms with van der Waals surface area (Å²) in [6.45, 7) is 2.04. The molecule has 0 aliphatic heterocycles. The second-order valence-electron chi connectivity index (χ2n) is 6.03. The molecule has 0 fully saturated rings. The Balaban J connectivity index is 1.87. The Morgan fingerprint density at radius 3 is 2.86 bits per heavy atom. The fourth-order valence-corrected chi connectivity index (χ4v) is 3.76. The maximum Gasteiger partial charge on any atom is 0.123 e. The largest absolute Gasteiger partial charge is 0.207 e. The van der Waals surface area contributed by atoms with E-state index in [-0.39, 0.29) is 11.2 Å². The Bertz CT molecular complexity index is 635. The molecule has 1 aliphatic carbocycles. The normalized spacial score (nSPS) is 21.7. The van der Waals surface area contributed by atoms with Crippen molar-refractivity contribution in [1.29, 1.82) is 0 Å². The van der Waals surface area contributed by atoms with Gasteiger partial charge in [0.1, 0.15) is 5.82 Å². The van der Waals surface area contributed by atoms with Crippen LogP contribution in [0.5, 0.6) is 0 Å². The summed E-state index contributed by atoms with van der Waals surface area (Å²) in [6.07, 6.45) is 4.20. The van der Waals surface area contributed by atoms with Gasteiger partial charge in [-0.05, 0) is 72.9 Å². The monoisotopic (exact) mass is 302 g/mol. The number of aryl methyl sites for hydroxylation is 2. The molecular formula is C19H20ClF. The summed E-state index contributed by atoms with van der Waals surface area (Å²) < 4.78 is 13.5. The first-order chi connectivity index (χ1) is 10.1. The van der Waals surface area contributed by atoms with Crippen LogP contribution in [-0.4, -0.2) is 0 Å². The van der Waals surface area contributed by atoms with Crippen molar-refractivity contribution in [1.82, 2.24) is 0 Å². The Morgan fingerprint density at radius 1 is 1.19 bits per heavy atom. The maximum absolute atomic E-state index is 13.5. The average Bonchev–Trinajstić information content (AvgIpc) is 2.64. The quantitative estimate of drug-likeness (QED) is 0.499. The molecule has 0 nitrogen and oxygen atoms in total. The van der Waals surface area contributed by atoms with Crippen molar-refractivity contribution >= 4 is 11.6 Å². The first-order valence-corrected chi connectivity index (χ1v) is 8.05. The van der Waals surface area contributed by atoms with E-state index in [1.165, 1.54) is 17.2 Å². The van der Waals surface area contributed by atoms with E-state index in [0.29, 0.717) is 5.92 Å². The first-order valence-electron chi connectivity index (χ1n) is 7.62. The molecular weight excluding hydrogens is 283 g/mol. The number of benzene rings is 2. The van der Waals surface area contributed by atoms with E-state index >= 15 is 0 Å². The highest BCUT2D eigenvalue weighted by molar-refractivity contribution is 6.21. The van der Waals surface area contributed by atoms with Crippen LogP contribution in [0.2, 0.25) is 0 Å². The smallest absolute Gasteiger partial charge is 0.123 e. The third-order valence-corrected chi connectivity index (χ3v) is 5.17. The summed E-state index contributed by atoms with van der Waals surface area (Å²) in [7, 11) is 0. The lowest BCUT2D eigenvalue weighted by Crippen LogP contribution is -2.11. The number of hydrogen-bond acceptors (Lipinski definition) is 0. The third kappa shape index (κ3) is 3.13. The minimum atomic E-state index is -0.157. The highest BCUT2D eigenvalue weighted by Gasteiger charge is 2.26. The van der Waals surface area contributed by atoms with Crippen molar-refractivity contribution in [2.45, 2.75) is 38.0 Å². The van der Waals surface area contributed by atoms with Gasteiger partial charge in [-0.1, -0.05) is 30.3 Å². The molecule has 110 valence electrons. The topological polar surface area (TPSA) is 0 Å². The molecule has 0 amide bonds.